The highest BCUT2D eigenvalue weighted by Crippen LogP contribution is 2.35. The molecule has 4 nitrogen and oxygen atoms in total. The molecule has 0 spiro atoms. The van der Waals surface area contributed by atoms with E-state index in [4.69, 9.17) is 25.8 Å². The monoisotopic (exact) mass is 509 g/mol. The number of hydrogen-bond acceptors (Lipinski definition) is 4. The van der Waals surface area contributed by atoms with Crippen LogP contribution in [0.25, 0.3) is 0 Å². The predicted molar refractivity (Wildman–Crippen MR) is 122 cm³/mol. The van der Waals surface area contributed by atoms with E-state index in [9.17, 15) is 0 Å². The predicted octanol–water partition coefficient (Wildman–Crippen LogP) is 6.15. The van der Waals surface area contributed by atoms with Gasteiger partial charge in [-0.25, -0.2) is 0 Å². The summed E-state index contributed by atoms with van der Waals surface area (Å²) in [6.07, 6.45) is 0. The first-order valence-electron chi connectivity index (χ1n) is 8.70. The first-order chi connectivity index (χ1) is 13.6. The molecule has 0 radical (unpaired) electrons. The molecule has 6 heteroatoms. The lowest BCUT2D eigenvalue weighted by Crippen LogP contribution is -2.03. The Morgan fingerprint density at radius 1 is 0.929 bits per heavy atom. The maximum atomic E-state index is 6.04. The quantitative estimate of drug-likeness (QED) is 0.370. The number of ether oxygens (including phenoxy) is 3. The Bertz CT molecular complexity index is 932. The largest absolute Gasteiger partial charge is 0.497 e. The standard InChI is InChI=1S/C22H21ClINO3/c1-26-19-8-6-18(7-9-19)25-13-16-11-20(24)22(21(12-16)27-2)28-14-15-4-3-5-17(23)10-15/h3-12,25H,13-14H2,1-2H3. The van der Waals surface area contributed by atoms with Gasteiger partial charge in [0, 0.05) is 17.3 Å². The van der Waals surface area contributed by atoms with Crippen LogP contribution in [0.4, 0.5) is 5.69 Å². The number of benzene rings is 3. The van der Waals surface area contributed by atoms with E-state index < -0.39 is 0 Å². The zero-order valence-electron chi connectivity index (χ0n) is 15.7. The fourth-order valence-corrected chi connectivity index (χ4v) is 3.74. The molecule has 0 bridgehead atoms. The van der Waals surface area contributed by atoms with Crippen LogP contribution in [0.5, 0.6) is 17.2 Å². The third-order valence-corrected chi connectivity index (χ3v) is 5.18. The zero-order chi connectivity index (χ0) is 19.9. The van der Waals surface area contributed by atoms with Crippen molar-refractivity contribution in [2.45, 2.75) is 13.2 Å². The van der Waals surface area contributed by atoms with Crippen molar-refractivity contribution in [3.8, 4) is 17.2 Å². The molecule has 146 valence electrons. The van der Waals surface area contributed by atoms with Crippen molar-refractivity contribution < 1.29 is 14.2 Å². The third kappa shape index (κ3) is 5.45. The Hall–Kier alpha value is -2.12. The van der Waals surface area contributed by atoms with Crippen molar-refractivity contribution in [1.29, 1.82) is 0 Å². The summed E-state index contributed by atoms with van der Waals surface area (Å²) in [7, 11) is 3.31. The normalized spacial score (nSPS) is 10.4. The maximum absolute atomic E-state index is 6.04. The van der Waals surface area contributed by atoms with Gasteiger partial charge in [0.2, 0.25) is 0 Å². The van der Waals surface area contributed by atoms with Gasteiger partial charge in [0.25, 0.3) is 0 Å². The molecule has 28 heavy (non-hydrogen) atoms. The second-order valence-corrected chi connectivity index (χ2v) is 7.71. The van der Waals surface area contributed by atoms with Gasteiger partial charge in [-0.1, -0.05) is 23.7 Å². The van der Waals surface area contributed by atoms with Crippen molar-refractivity contribution in [2.24, 2.45) is 0 Å². The van der Waals surface area contributed by atoms with E-state index in [1.165, 1.54) is 0 Å². The van der Waals surface area contributed by atoms with Crippen molar-refractivity contribution in [3.05, 3.63) is 80.4 Å². The number of methoxy groups -OCH3 is 2. The Morgan fingerprint density at radius 2 is 1.71 bits per heavy atom. The van der Waals surface area contributed by atoms with Crippen LogP contribution >= 0.6 is 34.2 Å². The molecule has 0 amide bonds. The summed E-state index contributed by atoms with van der Waals surface area (Å²) in [5.41, 5.74) is 3.14. The topological polar surface area (TPSA) is 39.7 Å². The fraction of sp³-hybridized carbons (Fsp3) is 0.182. The van der Waals surface area contributed by atoms with Gasteiger partial charge in [-0.15, -0.1) is 0 Å². The highest BCUT2D eigenvalue weighted by molar-refractivity contribution is 14.1. The van der Waals surface area contributed by atoms with Crippen LogP contribution in [-0.2, 0) is 13.2 Å². The van der Waals surface area contributed by atoms with Crippen LogP contribution in [0.2, 0.25) is 5.02 Å². The fourth-order valence-electron chi connectivity index (χ4n) is 2.71. The lowest BCUT2D eigenvalue weighted by molar-refractivity contribution is 0.282. The van der Waals surface area contributed by atoms with Gasteiger partial charge in [0.1, 0.15) is 12.4 Å². The molecular weight excluding hydrogens is 489 g/mol. The van der Waals surface area contributed by atoms with Gasteiger partial charge in [-0.2, -0.15) is 0 Å². The molecule has 0 aliphatic rings. The third-order valence-electron chi connectivity index (χ3n) is 4.15. The van der Waals surface area contributed by atoms with Gasteiger partial charge in [-0.05, 0) is 82.2 Å². The summed E-state index contributed by atoms with van der Waals surface area (Å²) < 4.78 is 17.8. The molecule has 0 atom stereocenters. The van der Waals surface area contributed by atoms with Gasteiger partial charge >= 0.3 is 0 Å². The molecule has 0 aromatic heterocycles. The highest BCUT2D eigenvalue weighted by atomic mass is 127. The SMILES string of the molecule is COc1ccc(NCc2cc(I)c(OCc3cccc(Cl)c3)c(OC)c2)cc1. The van der Waals surface area contributed by atoms with Crippen LogP contribution in [-0.4, -0.2) is 14.2 Å². The number of hydrogen-bond donors (Lipinski definition) is 1. The number of halogens is 2. The van der Waals surface area contributed by atoms with Crippen molar-refractivity contribution in [2.75, 3.05) is 19.5 Å². The zero-order valence-corrected chi connectivity index (χ0v) is 18.6. The van der Waals surface area contributed by atoms with Crippen LogP contribution in [0.3, 0.4) is 0 Å². The van der Waals surface area contributed by atoms with E-state index in [0.29, 0.717) is 23.9 Å². The Kier molecular flexibility index (Phi) is 7.28. The first kappa shape index (κ1) is 20.6. The average Bonchev–Trinajstić information content (AvgIpc) is 2.71. The molecular formula is C22H21ClINO3. The minimum atomic E-state index is 0.427. The molecule has 0 saturated heterocycles. The molecule has 0 saturated carbocycles. The minimum absolute atomic E-state index is 0.427. The van der Waals surface area contributed by atoms with Gasteiger partial charge < -0.3 is 19.5 Å². The van der Waals surface area contributed by atoms with Crippen molar-refractivity contribution in [3.63, 3.8) is 0 Å². The van der Waals surface area contributed by atoms with Crippen molar-refractivity contribution in [1.82, 2.24) is 0 Å². The number of nitrogens with one attached hydrogen (secondary N) is 1. The number of anilines is 1. The van der Waals surface area contributed by atoms with Crippen LogP contribution in [0.15, 0.2) is 60.7 Å². The summed E-state index contributed by atoms with van der Waals surface area (Å²) in [6.45, 7) is 1.10. The van der Waals surface area contributed by atoms with Gasteiger partial charge in [-0.3, -0.25) is 0 Å². The molecule has 3 aromatic rings. The van der Waals surface area contributed by atoms with E-state index in [1.54, 1.807) is 14.2 Å². The summed E-state index contributed by atoms with van der Waals surface area (Å²) >= 11 is 8.32. The Balaban J connectivity index is 1.69. The molecule has 0 fully saturated rings. The van der Waals surface area contributed by atoms with Crippen LogP contribution < -0.4 is 19.5 Å². The number of rotatable bonds is 8. The van der Waals surface area contributed by atoms with Crippen molar-refractivity contribution >= 4 is 39.9 Å². The second-order valence-electron chi connectivity index (χ2n) is 6.11. The highest BCUT2D eigenvalue weighted by Gasteiger charge is 2.12. The molecule has 0 heterocycles. The summed E-state index contributed by atoms with van der Waals surface area (Å²) in [5, 5.41) is 4.10. The molecule has 3 aromatic carbocycles. The molecule has 3 rings (SSSR count). The van der Waals surface area contributed by atoms with E-state index in [-0.39, 0.29) is 0 Å². The molecule has 0 aliphatic carbocycles. The Labute approximate surface area is 183 Å². The van der Waals surface area contributed by atoms with E-state index in [0.717, 1.165) is 31.9 Å². The van der Waals surface area contributed by atoms with Crippen LogP contribution in [0, 0.1) is 3.57 Å². The van der Waals surface area contributed by atoms with E-state index in [1.807, 2.05) is 54.6 Å². The smallest absolute Gasteiger partial charge is 0.174 e. The molecule has 0 aliphatic heterocycles. The lowest BCUT2D eigenvalue weighted by atomic mass is 10.2. The van der Waals surface area contributed by atoms with E-state index in [2.05, 4.69) is 34.0 Å². The minimum Gasteiger partial charge on any atom is -0.497 e. The van der Waals surface area contributed by atoms with E-state index >= 15 is 0 Å². The lowest BCUT2D eigenvalue weighted by Gasteiger charge is -2.15. The molecule has 1 N–H and O–H groups in total. The maximum Gasteiger partial charge on any atom is 0.174 e. The second kappa shape index (κ2) is 9.89. The van der Waals surface area contributed by atoms with Gasteiger partial charge in [0.15, 0.2) is 11.5 Å². The molecule has 0 unspecified atom stereocenters. The first-order valence-corrected chi connectivity index (χ1v) is 10.2. The summed E-state index contributed by atoms with van der Waals surface area (Å²) in [4.78, 5) is 0. The Morgan fingerprint density at radius 3 is 2.39 bits per heavy atom. The average molecular weight is 510 g/mol. The van der Waals surface area contributed by atoms with Crippen LogP contribution in [0.1, 0.15) is 11.1 Å². The summed E-state index contributed by atoms with van der Waals surface area (Å²) in [6, 6.07) is 19.6. The van der Waals surface area contributed by atoms with Gasteiger partial charge in [0.05, 0.1) is 17.8 Å². The summed E-state index contributed by atoms with van der Waals surface area (Å²) in [5.74, 6) is 2.28.